The summed E-state index contributed by atoms with van der Waals surface area (Å²) in [6, 6.07) is 5.72. The minimum atomic E-state index is -0.738. The van der Waals surface area contributed by atoms with Gasteiger partial charge in [0.1, 0.15) is 23.5 Å². The molecule has 0 atom stereocenters. The summed E-state index contributed by atoms with van der Waals surface area (Å²) in [5.74, 6) is -1.08. The average Bonchev–Trinajstić information content (AvgIpc) is 3.58. The Hall–Kier alpha value is -2.79. The number of pyridine rings is 1. The number of halogens is 4. The van der Waals surface area contributed by atoms with E-state index in [2.05, 4.69) is 20.2 Å². The fourth-order valence-corrected chi connectivity index (χ4v) is 7.25. The molecule has 1 N–H and O–H groups in total. The highest BCUT2D eigenvalue weighted by molar-refractivity contribution is 7.22. The quantitative estimate of drug-likeness (QED) is 0.241. The van der Waals surface area contributed by atoms with Gasteiger partial charge in [0.2, 0.25) is 5.88 Å². The van der Waals surface area contributed by atoms with Crippen LogP contribution < -0.4 is 10.1 Å². The van der Waals surface area contributed by atoms with Crippen molar-refractivity contribution in [3.63, 3.8) is 0 Å². The summed E-state index contributed by atoms with van der Waals surface area (Å²) in [5, 5.41) is 3.26. The smallest absolute Gasteiger partial charge is 0.413 e. The Kier molecular flexibility index (Phi) is 7.25. The van der Waals surface area contributed by atoms with E-state index in [0.717, 1.165) is 50.1 Å². The van der Waals surface area contributed by atoms with Gasteiger partial charge in [-0.05, 0) is 77.7 Å². The van der Waals surface area contributed by atoms with Crippen molar-refractivity contribution in [1.82, 2.24) is 14.9 Å². The van der Waals surface area contributed by atoms with Gasteiger partial charge in [0.15, 0.2) is 10.9 Å². The number of nitrogens with one attached hydrogen (secondary N) is 1. The van der Waals surface area contributed by atoms with Crippen LogP contribution in [-0.4, -0.2) is 51.8 Å². The first-order valence-corrected chi connectivity index (χ1v) is 15.0. The summed E-state index contributed by atoms with van der Waals surface area (Å²) < 4.78 is 42.6. The van der Waals surface area contributed by atoms with Crippen molar-refractivity contribution in [2.45, 2.75) is 57.6 Å². The van der Waals surface area contributed by atoms with E-state index in [-0.39, 0.29) is 53.5 Å². The summed E-state index contributed by atoms with van der Waals surface area (Å²) >= 11 is 14.1. The summed E-state index contributed by atoms with van der Waals surface area (Å²) in [7, 11) is 0. The molecule has 0 bridgehead atoms. The van der Waals surface area contributed by atoms with E-state index < -0.39 is 23.3 Å². The zero-order valence-corrected chi connectivity index (χ0v) is 25.1. The Bertz CT molecular complexity index is 1680. The van der Waals surface area contributed by atoms with Crippen molar-refractivity contribution in [3.05, 3.63) is 45.9 Å². The molecule has 12 heteroatoms. The SMILES string of the molecule is CC(C)(C)OC(=O)Nc1nc2c(-c3c(Cl)cc4c(Cl)cc(OCC56CCCN5CCC6)nc4c3F)ccc(F)c2s1. The molecule has 0 radical (unpaired) electrons. The van der Waals surface area contributed by atoms with E-state index in [1.165, 1.54) is 18.2 Å². The molecule has 2 saturated heterocycles. The van der Waals surface area contributed by atoms with Crippen molar-refractivity contribution >= 4 is 66.9 Å². The molecule has 2 aromatic heterocycles. The van der Waals surface area contributed by atoms with Crippen molar-refractivity contribution < 1.29 is 23.0 Å². The molecule has 6 rings (SSSR count). The maximum absolute atomic E-state index is 16.3. The standard InChI is InChI=1S/C29H28Cl2F2N4O3S/c1-28(2,3)40-27(38)36-26-35-24-15(6-7-19(32)25(24)41-26)21-18(31)12-16-17(30)13-20(34-23(16)22(21)33)39-14-29-8-4-10-37(29)11-5-9-29/h6-7,12-13H,4-5,8-11,14H2,1-3H3,(H,35,36,38). The Morgan fingerprint density at radius 1 is 1.10 bits per heavy atom. The molecule has 2 aliphatic heterocycles. The highest BCUT2D eigenvalue weighted by Crippen LogP contribution is 2.43. The maximum Gasteiger partial charge on any atom is 0.413 e. The fraction of sp³-hybridized carbons (Fsp3) is 0.414. The van der Waals surface area contributed by atoms with Gasteiger partial charge < -0.3 is 9.47 Å². The molecule has 0 spiro atoms. The number of hydrogen-bond donors (Lipinski definition) is 1. The lowest BCUT2D eigenvalue weighted by Gasteiger charge is -2.31. The van der Waals surface area contributed by atoms with Crippen LogP contribution in [0.3, 0.4) is 0 Å². The molecule has 1 amide bonds. The van der Waals surface area contributed by atoms with E-state index in [9.17, 15) is 9.18 Å². The number of thiazole rings is 1. The van der Waals surface area contributed by atoms with Gasteiger partial charge in [-0.2, -0.15) is 0 Å². The zero-order chi connectivity index (χ0) is 29.1. The third-order valence-electron chi connectivity index (χ3n) is 7.59. The molecule has 4 heterocycles. The van der Waals surface area contributed by atoms with Crippen LogP contribution in [-0.2, 0) is 4.74 Å². The molecular weight excluding hydrogens is 593 g/mol. The number of carbonyl (C=O) groups is 1. The predicted octanol–water partition coefficient (Wildman–Crippen LogP) is 8.45. The second-order valence-corrected chi connectivity index (χ2v) is 13.3. The van der Waals surface area contributed by atoms with Gasteiger partial charge in [-0.3, -0.25) is 10.2 Å². The number of anilines is 1. The summed E-state index contributed by atoms with van der Waals surface area (Å²) in [6.45, 7) is 7.74. The molecule has 0 aliphatic carbocycles. The monoisotopic (exact) mass is 620 g/mol. The molecule has 2 aromatic carbocycles. The van der Waals surface area contributed by atoms with Gasteiger partial charge >= 0.3 is 6.09 Å². The molecule has 7 nitrogen and oxygen atoms in total. The topological polar surface area (TPSA) is 76.6 Å². The Labute approximate surface area is 249 Å². The number of hydrogen-bond acceptors (Lipinski definition) is 7. The molecule has 4 aromatic rings. The highest BCUT2D eigenvalue weighted by atomic mass is 35.5. The zero-order valence-electron chi connectivity index (χ0n) is 22.7. The van der Waals surface area contributed by atoms with Crippen LogP contribution in [0.2, 0.25) is 10.0 Å². The molecule has 0 saturated carbocycles. The molecule has 2 fully saturated rings. The normalized spacial score (nSPS) is 16.9. The van der Waals surface area contributed by atoms with Crippen LogP contribution in [0.25, 0.3) is 32.2 Å². The predicted molar refractivity (Wildman–Crippen MR) is 158 cm³/mol. The van der Waals surface area contributed by atoms with Crippen LogP contribution in [0.15, 0.2) is 24.3 Å². The molecular formula is C29H28Cl2F2N4O3S. The number of nitrogens with zero attached hydrogens (tertiary/aromatic N) is 3. The van der Waals surface area contributed by atoms with Crippen molar-refractivity contribution in [2.75, 3.05) is 25.0 Å². The number of ether oxygens (including phenoxy) is 2. The van der Waals surface area contributed by atoms with E-state index in [1.807, 2.05) is 0 Å². The lowest BCUT2D eigenvalue weighted by Crippen LogP contribution is -2.43. The number of rotatable bonds is 5. The van der Waals surface area contributed by atoms with Crippen molar-refractivity contribution in [3.8, 4) is 17.0 Å². The Morgan fingerprint density at radius 3 is 2.54 bits per heavy atom. The number of fused-ring (bicyclic) bond motifs is 3. The second kappa shape index (κ2) is 10.5. The first-order chi connectivity index (χ1) is 19.4. The van der Waals surface area contributed by atoms with E-state index in [1.54, 1.807) is 26.8 Å². The third kappa shape index (κ3) is 5.31. The van der Waals surface area contributed by atoms with Crippen molar-refractivity contribution in [1.29, 1.82) is 0 Å². The first-order valence-electron chi connectivity index (χ1n) is 13.4. The van der Waals surface area contributed by atoms with Crippen LogP contribution >= 0.6 is 34.5 Å². The largest absolute Gasteiger partial charge is 0.476 e. The first kappa shape index (κ1) is 28.3. The highest BCUT2D eigenvalue weighted by Gasteiger charge is 2.45. The van der Waals surface area contributed by atoms with Gasteiger partial charge in [0, 0.05) is 22.6 Å². The van der Waals surface area contributed by atoms with E-state index in [0.29, 0.717) is 12.0 Å². The third-order valence-corrected chi connectivity index (χ3v) is 9.18. The number of amides is 1. The van der Waals surface area contributed by atoms with Gasteiger partial charge in [-0.15, -0.1) is 0 Å². The van der Waals surface area contributed by atoms with Crippen LogP contribution in [0.5, 0.6) is 5.88 Å². The molecule has 216 valence electrons. The van der Waals surface area contributed by atoms with Crippen LogP contribution in [0.4, 0.5) is 18.7 Å². The van der Waals surface area contributed by atoms with Gasteiger partial charge in [0.25, 0.3) is 0 Å². The lowest BCUT2D eigenvalue weighted by atomic mass is 9.95. The minimum absolute atomic E-state index is 0.00430. The molecule has 2 aliphatic rings. The Morgan fingerprint density at radius 2 is 1.83 bits per heavy atom. The second-order valence-electron chi connectivity index (χ2n) is 11.5. The summed E-state index contributed by atoms with van der Waals surface area (Å²) in [4.78, 5) is 23.6. The van der Waals surface area contributed by atoms with Crippen molar-refractivity contribution in [2.24, 2.45) is 0 Å². The Balaban J connectivity index is 1.38. The number of benzene rings is 2. The van der Waals surface area contributed by atoms with E-state index in [4.69, 9.17) is 32.7 Å². The fourth-order valence-electron chi connectivity index (χ4n) is 5.84. The van der Waals surface area contributed by atoms with Gasteiger partial charge in [-0.1, -0.05) is 34.5 Å². The molecule has 41 heavy (non-hydrogen) atoms. The summed E-state index contributed by atoms with van der Waals surface area (Å²) in [5.41, 5.74) is -0.379. The van der Waals surface area contributed by atoms with Crippen LogP contribution in [0, 0.1) is 11.6 Å². The minimum Gasteiger partial charge on any atom is -0.476 e. The van der Waals surface area contributed by atoms with Gasteiger partial charge in [0.05, 0.1) is 25.8 Å². The lowest BCUT2D eigenvalue weighted by molar-refractivity contribution is 0.0636. The average molecular weight is 622 g/mol. The number of aromatic nitrogens is 2. The number of carbonyl (C=O) groups excluding carboxylic acids is 1. The summed E-state index contributed by atoms with van der Waals surface area (Å²) in [6.07, 6.45) is 3.63. The van der Waals surface area contributed by atoms with E-state index >= 15 is 4.39 Å². The molecule has 0 unspecified atom stereocenters. The maximum atomic E-state index is 16.3. The van der Waals surface area contributed by atoms with Crippen LogP contribution in [0.1, 0.15) is 46.5 Å². The van der Waals surface area contributed by atoms with Gasteiger partial charge in [-0.25, -0.2) is 23.5 Å².